The molecule has 6 nitrogen and oxygen atoms in total. The molecule has 0 N–H and O–H groups in total. The van der Waals surface area contributed by atoms with Gasteiger partial charge in [0.2, 0.25) is 5.91 Å². The highest BCUT2D eigenvalue weighted by Gasteiger charge is 2.32. The van der Waals surface area contributed by atoms with Gasteiger partial charge in [0.1, 0.15) is 0 Å². The van der Waals surface area contributed by atoms with Gasteiger partial charge in [-0.25, -0.2) is 0 Å². The van der Waals surface area contributed by atoms with Gasteiger partial charge in [-0.15, -0.1) is 0 Å². The highest BCUT2D eigenvalue weighted by molar-refractivity contribution is 6.32. The van der Waals surface area contributed by atoms with Crippen LogP contribution in [0.15, 0.2) is 42.5 Å². The van der Waals surface area contributed by atoms with Gasteiger partial charge in [-0.3, -0.25) is 9.59 Å². The summed E-state index contributed by atoms with van der Waals surface area (Å²) in [6.45, 7) is 0.967. The first kappa shape index (κ1) is 24.4. The molecule has 0 aromatic heterocycles. The van der Waals surface area contributed by atoms with Gasteiger partial charge >= 0.3 is 6.18 Å². The largest absolute Gasteiger partial charge is 0.493 e. The molecule has 1 heterocycles. The number of ether oxygens (including phenoxy) is 2. The maximum atomic E-state index is 12.9. The molecule has 0 saturated carbocycles. The van der Waals surface area contributed by atoms with Crippen LogP contribution in [0.2, 0.25) is 5.02 Å². The van der Waals surface area contributed by atoms with Gasteiger partial charge in [0, 0.05) is 37.8 Å². The summed E-state index contributed by atoms with van der Waals surface area (Å²) in [5.74, 6) is 0.0683. The van der Waals surface area contributed by atoms with Crippen molar-refractivity contribution < 1.29 is 32.2 Å². The number of carbonyl (C=O) groups is 2. The molecule has 176 valence electrons. The molecule has 0 radical (unpaired) electrons. The minimum absolute atomic E-state index is 0.0326. The van der Waals surface area contributed by atoms with E-state index in [2.05, 4.69) is 0 Å². The van der Waals surface area contributed by atoms with E-state index in [-0.39, 0.29) is 37.6 Å². The highest BCUT2D eigenvalue weighted by atomic mass is 35.5. The van der Waals surface area contributed by atoms with Crippen molar-refractivity contribution in [2.24, 2.45) is 0 Å². The maximum Gasteiger partial charge on any atom is 0.416 e. The summed E-state index contributed by atoms with van der Waals surface area (Å²) in [4.78, 5) is 28.2. The molecule has 2 amide bonds. The molecular weight excluding hydrogens is 461 g/mol. The SMILES string of the molecule is COc1cc(/C=C/C(=O)N2CCN(C(=O)c3cccc(C(F)(F)F)c3)CC2)cc(Cl)c1OC. The number of piperazine rings is 1. The van der Waals surface area contributed by atoms with E-state index in [1.54, 1.807) is 23.1 Å². The Balaban J connectivity index is 1.61. The summed E-state index contributed by atoms with van der Waals surface area (Å²) < 4.78 is 49.2. The van der Waals surface area contributed by atoms with Crippen molar-refractivity contribution in [3.63, 3.8) is 0 Å². The van der Waals surface area contributed by atoms with Crippen molar-refractivity contribution in [2.75, 3.05) is 40.4 Å². The first-order chi connectivity index (χ1) is 15.6. The molecule has 2 aromatic rings. The molecule has 0 spiro atoms. The Kier molecular flexibility index (Phi) is 7.53. The van der Waals surface area contributed by atoms with Crippen LogP contribution in [0.3, 0.4) is 0 Å². The summed E-state index contributed by atoms with van der Waals surface area (Å²) >= 11 is 6.17. The number of nitrogens with zero attached hydrogens (tertiary/aromatic N) is 2. The number of hydrogen-bond acceptors (Lipinski definition) is 4. The highest BCUT2D eigenvalue weighted by Crippen LogP contribution is 2.36. The van der Waals surface area contributed by atoms with Crippen molar-refractivity contribution in [1.29, 1.82) is 0 Å². The predicted octanol–water partition coefficient (Wildman–Crippen LogP) is 4.37. The second-order valence-electron chi connectivity index (χ2n) is 7.27. The Bertz CT molecular complexity index is 1060. The molecule has 3 rings (SSSR count). The minimum Gasteiger partial charge on any atom is -0.493 e. The van der Waals surface area contributed by atoms with Crippen LogP contribution in [0.1, 0.15) is 21.5 Å². The van der Waals surface area contributed by atoms with Crippen molar-refractivity contribution in [3.8, 4) is 11.5 Å². The van der Waals surface area contributed by atoms with E-state index in [9.17, 15) is 22.8 Å². The molecule has 33 heavy (non-hydrogen) atoms. The number of rotatable bonds is 5. The van der Waals surface area contributed by atoms with Gasteiger partial charge in [0.25, 0.3) is 5.91 Å². The summed E-state index contributed by atoms with van der Waals surface area (Å²) in [6.07, 6.45) is -1.54. The number of methoxy groups -OCH3 is 2. The van der Waals surface area contributed by atoms with Crippen LogP contribution in [0, 0.1) is 0 Å². The fraction of sp³-hybridized carbons (Fsp3) is 0.304. The molecule has 1 aliphatic rings. The number of amides is 2. The standard InChI is InChI=1S/C23H22ClF3N2O4/c1-32-19-13-15(12-18(24)21(19)33-2)6-7-20(30)28-8-10-29(11-9-28)22(31)16-4-3-5-17(14-16)23(25,26)27/h3-7,12-14H,8-11H2,1-2H3/b7-6+. The van der Waals surface area contributed by atoms with Gasteiger partial charge in [0.05, 0.1) is 24.8 Å². The number of alkyl halides is 3. The van der Waals surface area contributed by atoms with Crippen LogP contribution in [0.4, 0.5) is 13.2 Å². The topological polar surface area (TPSA) is 59.1 Å². The lowest BCUT2D eigenvalue weighted by atomic mass is 10.1. The Morgan fingerprint density at radius 1 is 1.00 bits per heavy atom. The summed E-state index contributed by atoms with van der Waals surface area (Å²) in [7, 11) is 2.95. The Labute approximate surface area is 194 Å². The fourth-order valence-electron chi connectivity index (χ4n) is 3.45. The van der Waals surface area contributed by atoms with Gasteiger partial charge in [-0.2, -0.15) is 13.2 Å². The van der Waals surface area contributed by atoms with E-state index in [0.717, 1.165) is 12.1 Å². The zero-order valence-corrected chi connectivity index (χ0v) is 18.7. The molecule has 0 unspecified atom stereocenters. The van der Waals surface area contributed by atoms with Gasteiger partial charge < -0.3 is 19.3 Å². The lowest BCUT2D eigenvalue weighted by molar-refractivity contribution is -0.137. The Hall–Kier alpha value is -3.20. The average molecular weight is 483 g/mol. The summed E-state index contributed by atoms with van der Waals surface area (Å²) in [5.41, 5.74) is -0.262. The van der Waals surface area contributed by atoms with E-state index in [0.29, 0.717) is 22.1 Å². The van der Waals surface area contributed by atoms with Crippen LogP contribution in [-0.4, -0.2) is 62.0 Å². The molecular formula is C23H22ClF3N2O4. The van der Waals surface area contributed by atoms with E-state index >= 15 is 0 Å². The maximum absolute atomic E-state index is 12.9. The molecule has 0 bridgehead atoms. The van der Waals surface area contributed by atoms with Gasteiger partial charge in [0.15, 0.2) is 11.5 Å². The molecule has 1 aliphatic heterocycles. The van der Waals surface area contributed by atoms with E-state index < -0.39 is 17.6 Å². The second kappa shape index (κ2) is 10.2. The van der Waals surface area contributed by atoms with Crippen molar-refractivity contribution in [2.45, 2.75) is 6.18 Å². The number of carbonyl (C=O) groups excluding carboxylic acids is 2. The lowest BCUT2D eigenvalue weighted by Gasteiger charge is -2.34. The molecule has 0 aliphatic carbocycles. The summed E-state index contributed by atoms with van der Waals surface area (Å²) in [6, 6.07) is 7.65. The molecule has 0 atom stereocenters. The van der Waals surface area contributed by atoms with Crippen molar-refractivity contribution in [1.82, 2.24) is 9.80 Å². The monoisotopic (exact) mass is 482 g/mol. The van der Waals surface area contributed by atoms with Crippen LogP contribution >= 0.6 is 11.6 Å². The average Bonchev–Trinajstić information content (AvgIpc) is 2.81. The zero-order chi connectivity index (χ0) is 24.2. The van der Waals surface area contributed by atoms with Crippen molar-refractivity contribution >= 4 is 29.5 Å². The minimum atomic E-state index is -4.52. The quantitative estimate of drug-likeness (QED) is 0.594. The summed E-state index contributed by atoms with van der Waals surface area (Å²) in [5, 5.41) is 0.339. The normalized spacial score (nSPS) is 14.5. The number of hydrogen-bond donors (Lipinski definition) is 0. The Morgan fingerprint density at radius 2 is 1.67 bits per heavy atom. The number of halogens is 4. The third-order valence-electron chi connectivity index (χ3n) is 5.19. The Morgan fingerprint density at radius 3 is 2.27 bits per heavy atom. The fourth-order valence-corrected chi connectivity index (χ4v) is 3.74. The first-order valence-corrected chi connectivity index (χ1v) is 10.4. The van der Waals surface area contributed by atoms with Crippen LogP contribution in [-0.2, 0) is 11.0 Å². The van der Waals surface area contributed by atoms with Crippen molar-refractivity contribution in [3.05, 3.63) is 64.2 Å². The molecule has 2 aromatic carbocycles. The third-order valence-corrected chi connectivity index (χ3v) is 5.47. The molecule has 1 saturated heterocycles. The number of benzene rings is 2. The van der Waals surface area contributed by atoms with Crippen LogP contribution < -0.4 is 9.47 Å². The van der Waals surface area contributed by atoms with Crippen LogP contribution in [0.25, 0.3) is 6.08 Å². The van der Waals surface area contributed by atoms with Gasteiger partial charge in [-0.1, -0.05) is 17.7 Å². The lowest BCUT2D eigenvalue weighted by Crippen LogP contribution is -2.50. The first-order valence-electron chi connectivity index (χ1n) is 9.99. The van der Waals surface area contributed by atoms with E-state index in [4.69, 9.17) is 21.1 Å². The van der Waals surface area contributed by atoms with Gasteiger partial charge in [-0.05, 0) is 42.0 Å². The van der Waals surface area contributed by atoms with E-state index in [1.165, 1.54) is 37.3 Å². The zero-order valence-electron chi connectivity index (χ0n) is 18.0. The predicted molar refractivity (Wildman–Crippen MR) is 118 cm³/mol. The molecule has 1 fully saturated rings. The molecule has 10 heteroatoms. The second-order valence-corrected chi connectivity index (χ2v) is 7.67. The smallest absolute Gasteiger partial charge is 0.416 e. The third kappa shape index (κ3) is 5.78. The van der Waals surface area contributed by atoms with E-state index in [1.807, 2.05) is 0 Å². The van der Waals surface area contributed by atoms with Crippen LogP contribution in [0.5, 0.6) is 11.5 Å².